The Morgan fingerprint density at radius 3 is 1.71 bits per heavy atom. The monoisotopic (exact) mass is 703 g/mol. The molecule has 0 amide bonds. The maximum atomic E-state index is 6.42. The lowest BCUT2D eigenvalue weighted by Crippen LogP contribution is -2.11. The highest BCUT2D eigenvalue weighted by atomic mass is 16.3. The van der Waals surface area contributed by atoms with Crippen LogP contribution in [-0.4, -0.2) is 0 Å². The van der Waals surface area contributed by atoms with Crippen LogP contribution >= 0.6 is 0 Å². The lowest BCUT2D eigenvalue weighted by molar-refractivity contribution is 0.669. The van der Waals surface area contributed by atoms with Crippen molar-refractivity contribution < 1.29 is 8.83 Å². The Kier molecular flexibility index (Phi) is 7.17. The summed E-state index contributed by atoms with van der Waals surface area (Å²) in [5.74, 6) is 0. The van der Waals surface area contributed by atoms with Crippen molar-refractivity contribution in [1.29, 1.82) is 0 Å². The standard InChI is InChI=1S/C52H33NO2/c1-2-11-34(12-3-1)35-21-26-40(27-22-35)53(41-28-23-36(24-29-41)43-17-10-18-45-44-16-7-9-20-49(44)55-52(43)45)48-19-8-6-15-42(48)39-25-30-50-46(32-39)47-31-37-13-4-5-14-38(37)33-51(47)54-50/h1-33H. The fourth-order valence-electron chi connectivity index (χ4n) is 8.17. The lowest BCUT2D eigenvalue weighted by atomic mass is 9.98. The molecule has 3 heteroatoms. The Bertz CT molecular complexity index is 3190. The lowest BCUT2D eigenvalue weighted by Gasteiger charge is -2.28. The van der Waals surface area contributed by atoms with E-state index in [0.29, 0.717) is 0 Å². The molecule has 0 aliphatic heterocycles. The minimum absolute atomic E-state index is 0.884. The van der Waals surface area contributed by atoms with Crippen LogP contribution in [0.2, 0.25) is 0 Å². The predicted molar refractivity (Wildman–Crippen MR) is 229 cm³/mol. The summed E-state index contributed by atoms with van der Waals surface area (Å²) in [6.07, 6.45) is 0. The minimum Gasteiger partial charge on any atom is -0.456 e. The zero-order valence-corrected chi connectivity index (χ0v) is 29.8. The van der Waals surface area contributed by atoms with Gasteiger partial charge in [0.1, 0.15) is 22.3 Å². The van der Waals surface area contributed by atoms with E-state index in [4.69, 9.17) is 8.83 Å². The molecule has 0 fully saturated rings. The summed E-state index contributed by atoms with van der Waals surface area (Å²) < 4.78 is 12.8. The van der Waals surface area contributed by atoms with Gasteiger partial charge in [-0.1, -0.05) is 140 Å². The largest absolute Gasteiger partial charge is 0.456 e. The van der Waals surface area contributed by atoms with E-state index in [1.807, 2.05) is 12.1 Å². The molecule has 2 aromatic heterocycles. The van der Waals surface area contributed by atoms with E-state index in [1.54, 1.807) is 0 Å². The summed E-state index contributed by atoms with van der Waals surface area (Å²) >= 11 is 0. The third kappa shape index (κ3) is 5.28. The number of nitrogens with zero attached hydrogens (tertiary/aromatic N) is 1. The van der Waals surface area contributed by atoms with Gasteiger partial charge in [-0.2, -0.15) is 0 Å². The zero-order chi connectivity index (χ0) is 36.3. The SMILES string of the molecule is c1ccc(-c2ccc(N(c3ccc(-c4cccc5c4oc4ccccc45)cc3)c3ccccc3-c3ccc4oc5cc6ccccc6cc5c4c3)cc2)cc1. The summed E-state index contributed by atoms with van der Waals surface area (Å²) in [6, 6.07) is 71.0. The highest BCUT2D eigenvalue weighted by Gasteiger charge is 2.20. The fourth-order valence-corrected chi connectivity index (χ4v) is 8.17. The normalized spacial score (nSPS) is 11.6. The number of anilines is 3. The Labute approximate surface area is 317 Å². The van der Waals surface area contributed by atoms with E-state index in [1.165, 1.54) is 21.9 Å². The second kappa shape index (κ2) is 12.6. The van der Waals surface area contributed by atoms with Gasteiger partial charge in [-0.25, -0.2) is 0 Å². The maximum absolute atomic E-state index is 6.42. The van der Waals surface area contributed by atoms with E-state index >= 15 is 0 Å². The van der Waals surface area contributed by atoms with Crippen LogP contribution < -0.4 is 4.90 Å². The Balaban J connectivity index is 1.06. The van der Waals surface area contributed by atoms with Crippen molar-refractivity contribution in [1.82, 2.24) is 0 Å². The van der Waals surface area contributed by atoms with Crippen LogP contribution in [-0.2, 0) is 0 Å². The number of furan rings is 2. The topological polar surface area (TPSA) is 29.5 Å². The van der Waals surface area contributed by atoms with Gasteiger partial charge in [0.05, 0.1) is 5.69 Å². The number of hydrogen-bond donors (Lipinski definition) is 0. The number of rotatable bonds is 6. The van der Waals surface area contributed by atoms with E-state index in [9.17, 15) is 0 Å². The summed E-state index contributed by atoms with van der Waals surface area (Å²) in [4.78, 5) is 2.36. The number of hydrogen-bond acceptors (Lipinski definition) is 3. The van der Waals surface area contributed by atoms with Gasteiger partial charge < -0.3 is 13.7 Å². The zero-order valence-electron chi connectivity index (χ0n) is 29.8. The molecule has 0 radical (unpaired) electrons. The molecule has 0 unspecified atom stereocenters. The van der Waals surface area contributed by atoms with Crippen LogP contribution in [0, 0.1) is 0 Å². The minimum atomic E-state index is 0.884. The molecule has 55 heavy (non-hydrogen) atoms. The molecule has 0 aliphatic rings. The van der Waals surface area contributed by atoms with E-state index < -0.39 is 0 Å². The number of benzene rings is 9. The van der Waals surface area contributed by atoms with E-state index in [-0.39, 0.29) is 0 Å². The second-order valence-electron chi connectivity index (χ2n) is 14.1. The van der Waals surface area contributed by atoms with Gasteiger partial charge in [0, 0.05) is 44.0 Å². The molecule has 0 saturated heterocycles. The molecule has 0 bridgehead atoms. The molecule has 0 spiro atoms. The first kappa shape index (κ1) is 31.2. The molecular weight excluding hydrogens is 671 g/mol. The maximum Gasteiger partial charge on any atom is 0.143 e. The van der Waals surface area contributed by atoms with Crippen LogP contribution in [0.15, 0.2) is 209 Å². The third-order valence-corrected chi connectivity index (χ3v) is 10.9. The fraction of sp³-hybridized carbons (Fsp3) is 0. The smallest absolute Gasteiger partial charge is 0.143 e. The Morgan fingerprint density at radius 1 is 0.309 bits per heavy atom. The first-order chi connectivity index (χ1) is 27.2. The van der Waals surface area contributed by atoms with Gasteiger partial charge in [0.15, 0.2) is 0 Å². The van der Waals surface area contributed by atoms with Crippen molar-refractivity contribution in [2.45, 2.75) is 0 Å². The number of para-hydroxylation sites is 3. The second-order valence-corrected chi connectivity index (χ2v) is 14.1. The van der Waals surface area contributed by atoms with E-state index in [0.717, 1.165) is 83.2 Å². The first-order valence-corrected chi connectivity index (χ1v) is 18.7. The molecule has 0 N–H and O–H groups in total. The molecule has 258 valence electrons. The van der Waals surface area contributed by atoms with Gasteiger partial charge in [0.2, 0.25) is 0 Å². The Morgan fingerprint density at radius 2 is 0.891 bits per heavy atom. The van der Waals surface area contributed by atoms with Crippen LogP contribution in [0.5, 0.6) is 0 Å². The third-order valence-electron chi connectivity index (χ3n) is 10.9. The van der Waals surface area contributed by atoms with Crippen molar-refractivity contribution in [3.63, 3.8) is 0 Å². The van der Waals surface area contributed by atoms with Crippen LogP contribution in [0.3, 0.4) is 0 Å². The highest BCUT2D eigenvalue weighted by Crippen LogP contribution is 2.44. The first-order valence-electron chi connectivity index (χ1n) is 18.7. The average Bonchev–Trinajstić information content (AvgIpc) is 3.81. The van der Waals surface area contributed by atoms with Crippen LogP contribution in [0.1, 0.15) is 0 Å². The molecule has 2 heterocycles. The van der Waals surface area contributed by atoms with Crippen molar-refractivity contribution in [2.24, 2.45) is 0 Å². The van der Waals surface area contributed by atoms with Gasteiger partial charge >= 0.3 is 0 Å². The highest BCUT2D eigenvalue weighted by molar-refractivity contribution is 6.12. The summed E-state index contributed by atoms with van der Waals surface area (Å²) in [5.41, 5.74) is 13.6. The van der Waals surface area contributed by atoms with Crippen LogP contribution in [0.25, 0.3) is 88.0 Å². The predicted octanol–water partition coefficient (Wildman–Crippen LogP) is 15.1. The number of fused-ring (bicyclic) bond motifs is 7. The van der Waals surface area contributed by atoms with Crippen molar-refractivity contribution in [3.8, 4) is 33.4 Å². The van der Waals surface area contributed by atoms with Crippen molar-refractivity contribution in [2.75, 3.05) is 4.90 Å². The summed E-state index contributed by atoms with van der Waals surface area (Å²) in [5, 5.41) is 6.87. The van der Waals surface area contributed by atoms with Gasteiger partial charge in [-0.15, -0.1) is 0 Å². The molecule has 9 aromatic carbocycles. The molecular formula is C52H33NO2. The van der Waals surface area contributed by atoms with Crippen LogP contribution in [0.4, 0.5) is 17.1 Å². The quantitative estimate of drug-likeness (QED) is 0.173. The molecule has 0 atom stereocenters. The van der Waals surface area contributed by atoms with Crippen molar-refractivity contribution in [3.05, 3.63) is 200 Å². The molecule has 0 aliphatic carbocycles. The van der Waals surface area contributed by atoms with Gasteiger partial charge in [0.25, 0.3) is 0 Å². The van der Waals surface area contributed by atoms with Gasteiger partial charge in [-0.3, -0.25) is 0 Å². The molecule has 11 rings (SSSR count). The average molecular weight is 704 g/mol. The van der Waals surface area contributed by atoms with Gasteiger partial charge in [-0.05, 0) is 93.7 Å². The summed E-state index contributed by atoms with van der Waals surface area (Å²) in [7, 11) is 0. The molecule has 0 saturated carbocycles. The summed E-state index contributed by atoms with van der Waals surface area (Å²) in [6.45, 7) is 0. The Hall–Kier alpha value is -7.36. The molecule has 3 nitrogen and oxygen atoms in total. The molecule has 11 aromatic rings. The van der Waals surface area contributed by atoms with E-state index in [2.05, 4.69) is 193 Å². The van der Waals surface area contributed by atoms with Crippen molar-refractivity contribution >= 4 is 71.7 Å².